The molecule has 8 heteroatoms. The van der Waals surface area contributed by atoms with Crippen LogP contribution in [0.4, 0.5) is 11.4 Å². The topological polar surface area (TPSA) is 111 Å². The van der Waals surface area contributed by atoms with Gasteiger partial charge in [0, 0.05) is 23.4 Å². The summed E-state index contributed by atoms with van der Waals surface area (Å²) in [6.45, 7) is 6.33. The molecule has 0 saturated heterocycles. The Morgan fingerprint density at radius 2 is 2.03 bits per heavy atom. The van der Waals surface area contributed by atoms with Gasteiger partial charge in [0.15, 0.2) is 17.1 Å². The number of aromatic hydroxyl groups is 1. The minimum Gasteiger partial charge on any atom is -0.504 e. The largest absolute Gasteiger partial charge is 0.504 e. The standard InChI is InChI=1S/C26H25N3O5/c1-4-16(3)17-9-10-23-22(13-17)28-26(34-23)18-7-6-8-20(11-18)27-15-19-12-21(29(31)32)14-24(25(19)30)33-5-2/h6-16,30H,4-5H2,1-3H3/t16-/m1/s1. The van der Waals surface area contributed by atoms with Crippen molar-refractivity contribution in [2.75, 3.05) is 6.61 Å². The number of phenolic OH excluding ortho intramolecular Hbond substituents is 1. The molecule has 0 aliphatic carbocycles. The van der Waals surface area contributed by atoms with Crippen LogP contribution in [0.2, 0.25) is 0 Å². The molecule has 1 aromatic heterocycles. The van der Waals surface area contributed by atoms with Gasteiger partial charge >= 0.3 is 0 Å². The van der Waals surface area contributed by atoms with Crippen LogP contribution >= 0.6 is 0 Å². The third-order valence-corrected chi connectivity index (χ3v) is 5.64. The lowest BCUT2D eigenvalue weighted by atomic mass is 9.98. The lowest BCUT2D eigenvalue weighted by Gasteiger charge is -2.08. The highest BCUT2D eigenvalue weighted by molar-refractivity contribution is 5.88. The molecule has 174 valence electrons. The van der Waals surface area contributed by atoms with Crippen LogP contribution in [0.3, 0.4) is 0 Å². The van der Waals surface area contributed by atoms with Crippen molar-refractivity contribution in [3.63, 3.8) is 0 Å². The van der Waals surface area contributed by atoms with Crippen molar-refractivity contribution in [3.05, 3.63) is 75.8 Å². The minimum absolute atomic E-state index is 0.0372. The number of nitrogens with zero attached hydrogens (tertiary/aromatic N) is 3. The fraction of sp³-hybridized carbons (Fsp3) is 0.231. The van der Waals surface area contributed by atoms with E-state index in [4.69, 9.17) is 9.15 Å². The molecule has 34 heavy (non-hydrogen) atoms. The van der Waals surface area contributed by atoms with Gasteiger partial charge in [0.1, 0.15) is 5.52 Å². The second kappa shape index (κ2) is 9.74. The zero-order valence-corrected chi connectivity index (χ0v) is 19.2. The maximum absolute atomic E-state index is 11.3. The number of rotatable bonds is 8. The molecule has 0 aliphatic heterocycles. The number of nitro groups is 1. The molecule has 1 atom stereocenters. The summed E-state index contributed by atoms with van der Waals surface area (Å²) >= 11 is 0. The second-order valence-electron chi connectivity index (χ2n) is 7.94. The molecule has 0 bridgehead atoms. The number of aromatic nitrogens is 1. The van der Waals surface area contributed by atoms with E-state index in [0.29, 0.717) is 23.1 Å². The van der Waals surface area contributed by atoms with Crippen LogP contribution in [0, 0.1) is 10.1 Å². The molecule has 1 heterocycles. The van der Waals surface area contributed by atoms with Crippen LogP contribution in [0.1, 0.15) is 44.2 Å². The predicted octanol–water partition coefficient (Wildman–Crippen LogP) is 6.77. The monoisotopic (exact) mass is 459 g/mol. The summed E-state index contributed by atoms with van der Waals surface area (Å²) in [6.07, 6.45) is 2.41. The summed E-state index contributed by atoms with van der Waals surface area (Å²) in [7, 11) is 0. The van der Waals surface area contributed by atoms with Crippen molar-refractivity contribution < 1.29 is 19.2 Å². The quantitative estimate of drug-likeness (QED) is 0.177. The molecule has 0 aliphatic rings. The number of fused-ring (bicyclic) bond motifs is 1. The smallest absolute Gasteiger partial charge is 0.274 e. The number of oxazole rings is 1. The highest BCUT2D eigenvalue weighted by Gasteiger charge is 2.16. The fourth-order valence-corrected chi connectivity index (χ4v) is 3.56. The molecule has 0 fully saturated rings. The maximum atomic E-state index is 11.3. The molecule has 0 spiro atoms. The maximum Gasteiger partial charge on any atom is 0.274 e. The number of nitro benzene ring substituents is 1. The van der Waals surface area contributed by atoms with E-state index in [2.05, 4.69) is 36.0 Å². The SMILES string of the molecule is CCOc1cc([N+](=O)[O-])cc(C=Nc2cccc(-c3nc4cc([C@H](C)CC)ccc4o3)c2)c1O. The molecular weight excluding hydrogens is 434 g/mol. The molecule has 8 nitrogen and oxygen atoms in total. The van der Waals surface area contributed by atoms with E-state index in [1.807, 2.05) is 18.2 Å². The Morgan fingerprint density at radius 1 is 1.21 bits per heavy atom. The highest BCUT2D eigenvalue weighted by Crippen LogP contribution is 2.34. The fourth-order valence-electron chi connectivity index (χ4n) is 3.56. The van der Waals surface area contributed by atoms with Crippen molar-refractivity contribution >= 4 is 28.7 Å². The third kappa shape index (κ3) is 4.76. The molecule has 4 aromatic rings. The van der Waals surface area contributed by atoms with Gasteiger partial charge in [-0.25, -0.2) is 4.98 Å². The summed E-state index contributed by atoms with van der Waals surface area (Å²) < 4.78 is 11.3. The average Bonchev–Trinajstić information content (AvgIpc) is 3.27. The Bertz CT molecular complexity index is 1380. The van der Waals surface area contributed by atoms with Crippen molar-refractivity contribution in [2.45, 2.75) is 33.1 Å². The molecule has 1 N–H and O–H groups in total. The normalized spacial score (nSPS) is 12.3. The van der Waals surface area contributed by atoms with Crippen LogP contribution in [0.25, 0.3) is 22.6 Å². The van der Waals surface area contributed by atoms with E-state index in [0.717, 1.165) is 17.5 Å². The Kier molecular flexibility index (Phi) is 6.58. The number of aliphatic imine (C=N–C) groups is 1. The number of benzene rings is 3. The number of ether oxygens (including phenoxy) is 1. The summed E-state index contributed by atoms with van der Waals surface area (Å²) in [4.78, 5) is 19.8. The first-order chi connectivity index (χ1) is 16.4. The summed E-state index contributed by atoms with van der Waals surface area (Å²) in [6, 6.07) is 15.8. The molecular formula is C26H25N3O5. The van der Waals surface area contributed by atoms with Gasteiger partial charge in [0.05, 0.1) is 23.3 Å². The van der Waals surface area contributed by atoms with Gasteiger partial charge in [-0.1, -0.05) is 26.0 Å². The van der Waals surface area contributed by atoms with E-state index in [1.54, 1.807) is 19.1 Å². The van der Waals surface area contributed by atoms with Gasteiger partial charge < -0.3 is 14.3 Å². The third-order valence-electron chi connectivity index (χ3n) is 5.64. The number of hydrogen-bond donors (Lipinski definition) is 1. The summed E-state index contributed by atoms with van der Waals surface area (Å²) in [5, 5.41) is 21.7. The second-order valence-corrected chi connectivity index (χ2v) is 7.94. The molecule has 3 aromatic carbocycles. The van der Waals surface area contributed by atoms with Crippen LogP contribution in [0.5, 0.6) is 11.5 Å². The molecule has 4 rings (SSSR count). The number of non-ortho nitro benzene ring substituents is 1. The lowest BCUT2D eigenvalue weighted by Crippen LogP contribution is -1.97. The van der Waals surface area contributed by atoms with E-state index in [9.17, 15) is 15.2 Å². The molecule has 0 unspecified atom stereocenters. The first-order valence-corrected chi connectivity index (χ1v) is 11.1. The predicted molar refractivity (Wildman–Crippen MR) is 131 cm³/mol. The Morgan fingerprint density at radius 3 is 2.76 bits per heavy atom. The zero-order chi connectivity index (χ0) is 24.2. The molecule has 0 radical (unpaired) electrons. The van der Waals surface area contributed by atoms with Crippen LogP contribution in [-0.4, -0.2) is 27.8 Å². The van der Waals surface area contributed by atoms with Gasteiger partial charge in [-0.05, 0) is 55.2 Å². The van der Waals surface area contributed by atoms with Gasteiger partial charge in [-0.15, -0.1) is 0 Å². The Balaban J connectivity index is 1.65. The Labute approximate surface area is 196 Å². The first kappa shape index (κ1) is 23.0. The van der Waals surface area contributed by atoms with Gasteiger partial charge in [0.2, 0.25) is 5.89 Å². The first-order valence-electron chi connectivity index (χ1n) is 11.1. The van der Waals surface area contributed by atoms with Crippen LogP contribution < -0.4 is 4.74 Å². The Hall–Kier alpha value is -4.20. The molecule has 0 saturated carbocycles. The van der Waals surface area contributed by atoms with Gasteiger partial charge in [0.25, 0.3) is 5.69 Å². The highest BCUT2D eigenvalue weighted by atomic mass is 16.6. The van der Waals surface area contributed by atoms with Crippen LogP contribution in [-0.2, 0) is 0 Å². The van der Waals surface area contributed by atoms with Crippen molar-refractivity contribution in [3.8, 4) is 23.0 Å². The number of phenols is 1. The van der Waals surface area contributed by atoms with Crippen molar-refractivity contribution in [1.82, 2.24) is 4.98 Å². The van der Waals surface area contributed by atoms with Gasteiger partial charge in [-0.2, -0.15) is 0 Å². The minimum atomic E-state index is -0.542. The summed E-state index contributed by atoms with van der Waals surface area (Å²) in [5.41, 5.74) is 4.03. The number of hydrogen-bond acceptors (Lipinski definition) is 7. The summed E-state index contributed by atoms with van der Waals surface area (Å²) in [5.74, 6) is 0.749. The van der Waals surface area contributed by atoms with E-state index in [-0.39, 0.29) is 29.4 Å². The van der Waals surface area contributed by atoms with E-state index < -0.39 is 4.92 Å². The lowest BCUT2D eigenvalue weighted by molar-refractivity contribution is -0.385. The van der Waals surface area contributed by atoms with Crippen LogP contribution in [0.15, 0.2) is 64.0 Å². The average molecular weight is 460 g/mol. The van der Waals surface area contributed by atoms with Crippen molar-refractivity contribution in [2.24, 2.45) is 4.99 Å². The van der Waals surface area contributed by atoms with Gasteiger partial charge in [-0.3, -0.25) is 15.1 Å². The molecule has 0 amide bonds. The zero-order valence-electron chi connectivity index (χ0n) is 19.2. The van der Waals surface area contributed by atoms with E-state index >= 15 is 0 Å². The van der Waals surface area contributed by atoms with Crippen molar-refractivity contribution in [1.29, 1.82) is 0 Å². The van der Waals surface area contributed by atoms with E-state index in [1.165, 1.54) is 23.9 Å².